The molecule has 0 aliphatic heterocycles. The van der Waals surface area contributed by atoms with Gasteiger partial charge in [-0.15, -0.1) is 0 Å². The van der Waals surface area contributed by atoms with E-state index in [0.717, 1.165) is 12.1 Å². The number of carboxylic acid groups (broad SMARTS) is 1. The van der Waals surface area contributed by atoms with E-state index in [-0.39, 0.29) is 27.4 Å². The SMILES string of the molecule is O=C(O)c1cc(Cl)nc(Oc2ccc(F)cc2Cl)c1. The van der Waals surface area contributed by atoms with E-state index in [2.05, 4.69) is 4.98 Å². The monoisotopic (exact) mass is 301 g/mol. The molecule has 0 aliphatic rings. The van der Waals surface area contributed by atoms with Crippen LogP contribution in [0.1, 0.15) is 10.4 Å². The molecule has 7 heteroatoms. The fraction of sp³-hybridized carbons (Fsp3) is 0. The largest absolute Gasteiger partial charge is 0.478 e. The van der Waals surface area contributed by atoms with Crippen molar-refractivity contribution < 1.29 is 19.0 Å². The first-order valence-corrected chi connectivity index (χ1v) is 5.75. The number of halogens is 3. The predicted octanol–water partition coefficient (Wildman–Crippen LogP) is 4.02. The number of pyridine rings is 1. The molecular weight excluding hydrogens is 296 g/mol. The average Bonchev–Trinajstić information content (AvgIpc) is 2.32. The fourth-order valence-electron chi connectivity index (χ4n) is 1.32. The molecule has 0 fully saturated rings. The van der Waals surface area contributed by atoms with E-state index >= 15 is 0 Å². The van der Waals surface area contributed by atoms with E-state index in [9.17, 15) is 9.18 Å². The van der Waals surface area contributed by atoms with Crippen LogP contribution in [0.3, 0.4) is 0 Å². The molecule has 98 valence electrons. The molecular formula is C12H6Cl2FNO3. The lowest BCUT2D eigenvalue weighted by Gasteiger charge is -2.07. The molecule has 0 unspecified atom stereocenters. The van der Waals surface area contributed by atoms with Gasteiger partial charge in [0.25, 0.3) is 0 Å². The zero-order valence-corrected chi connectivity index (χ0v) is 10.7. The number of ether oxygens (including phenoxy) is 1. The summed E-state index contributed by atoms with van der Waals surface area (Å²) in [5.41, 5.74) is -0.0757. The normalized spacial score (nSPS) is 10.3. The van der Waals surface area contributed by atoms with E-state index in [0.29, 0.717) is 0 Å². The highest BCUT2D eigenvalue weighted by Gasteiger charge is 2.11. The lowest BCUT2D eigenvalue weighted by Crippen LogP contribution is -1.99. The van der Waals surface area contributed by atoms with Crippen LogP contribution in [0, 0.1) is 5.82 Å². The number of benzene rings is 1. The Morgan fingerprint density at radius 2 is 2.00 bits per heavy atom. The van der Waals surface area contributed by atoms with E-state index in [4.69, 9.17) is 33.0 Å². The number of rotatable bonds is 3. The van der Waals surface area contributed by atoms with Crippen LogP contribution in [0.5, 0.6) is 11.6 Å². The third-order valence-electron chi connectivity index (χ3n) is 2.13. The molecule has 2 aromatic rings. The van der Waals surface area contributed by atoms with Crippen LogP contribution in [0.4, 0.5) is 4.39 Å². The van der Waals surface area contributed by atoms with Crippen LogP contribution in [0.15, 0.2) is 30.3 Å². The molecule has 1 aromatic carbocycles. The van der Waals surface area contributed by atoms with Crippen LogP contribution in [-0.4, -0.2) is 16.1 Å². The Kier molecular flexibility index (Phi) is 3.87. The van der Waals surface area contributed by atoms with Gasteiger partial charge in [-0.1, -0.05) is 23.2 Å². The van der Waals surface area contributed by atoms with Crippen molar-refractivity contribution in [2.24, 2.45) is 0 Å². The molecule has 0 bridgehead atoms. The van der Waals surface area contributed by atoms with Crippen LogP contribution in [0.25, 0.3) is 0 Å². The quantitative estimate of drug-likeness (QED) is 0.870. The van der Waals surface area contributed by atoms with Crippen molar-refractivity contribution in [1.29, 1.82) is 0 Å². The summed E-state index contributed by atoms with van der Waals surface area (Å²) >= 11 is 11.5. The summed E-state index contributed by atoms with van der Waals surface area (Å²) in [7, 11) is 0. The second-order valence-corrected chi connectivity index (χ2v) is 4.29. The van der Waals surface area contributed by atoms with Crippen LogP contribution in [-0.2, 0) is 0 Å². The summed E-state index contributed by atoms with van der Waals surface area (Å²) in [5, 5.41) is 8.88. The second-order valence-electron chi connectivity index (χ2n) is 3.50. The van der Waals surface area contributed by atoms with Gasteiger partial charge in [-0.2, -0.15) is 0 Å². The number of aromatic nitrogens is 1. The third-order valence-corrected chi connectivity index (χ3v) is 2.61. The Balaban J connectivity index is 2.35. The smallest absolute Gasteiger partial charge is 0.335 e. The van der Waals surface area contributed by atoms with Gasteiger partial charge >= 0.3 is 5.97 Å². The van der Waals surface area contributed by atoms with Crippen molar-refractivity contribution >= 4 is 29.2 Å². The van der Waals surface area contributed by atoms with Crippen molar-refractivity contribution in [3.63, 3.8) is 0 Å². The Labute approximate surface area is 117 Å². The van der Waals surface area contributed by atoms with Crippen LogP contribution >= 0.6 is 23.2 Å². The molecule has 0 radical (unpaired) electrons. The number of nitrogens with zero attached hydrogens (tertiary/aromatic N) is 1. The van der Waals surface area contributed by atoms with Crippen LogP contribution in [0.2, 0.25) is 10.2 Å². The van der Waals surface area contributed by atoms with Crippen molar-refractivity contribution in [3.8, 4) is 11.6 Å². The Bertz CT molecular complexity index is 649. The average molecular weight is 302 g/mol. The van der Waals surface area contributed by atoms with Crippen LogP contribution < -0.4 is 4.74 Å². The Morgan fingerprint density at radius 3 is 2.63 bits per heavy atom. The maximum absolute atomic E-state index is 12.9. The van der Waals surface area contributed by atoms with E-state index < -0.39 is 11.8 Å². The number of carboxylic acids is 1. The van der Waals surface area contributed by atoms with Gasteiger partial charge in [0, 0.05) is 6.07 Å². The topological polar surface area (TPSA) is 59.4 Å². The Hall–Kier alpha value is -1.85. The zero-order valence-electron chi connectivity index (χ0n) is 9.23. The molecule has 0 atom stereocenters. The van der Waals surface area contributed by atoms with Crippen molar-refractivity contribution in [1.82, 2.24) is 4.98 Å². The predicted molar refractivity (Wildman–Crippen MR) is 67.7 cm³/mol. The number of carbonyl (C=O) groups is 1. The Morgan fingerprint density at radius 1 is 1.26 bits per heavy atom. The summed E-state index contributed by atoms with van der Waals surface area (Å²) in [6.07, 6.45) is 0. The summed E-state index contributed by atoms with van der Waals surface area (Å²) in [6, 6.07) is 5.90. The lowest BCUT2D eigenvalue weighted by atomic mass is 10.3. The number of aromatic carboxylic acids is 1. The molecule has 0 spiro atoms. The summed E-state index contributed by atoms with van der Waals surface area (Å²) in [6.45, 7) is 0. The molecule has 0 saturated heterocycles. The first kappa shape index (κ1) is 13.6. The lowest BCUT2D eigenvalue weighted by molar-refractivity contribution is 0.0696. The summed E-state index contributed by atoms with van der Waals surface area (Å²) in [4.78, 5) is 14.7. The van der Waals surface area contributed by atoms with Gasteiger partial charge in [0.2, 0.25) is 5.88 Å². The van der Waals surface area contributed by atoms with Gasteiger partial charge in [0.1, 0.15) is 16.7 Å². The molecule has 1 heterocycles. The highest BCUT2D eigenvalue weighted by Crippen LogP contribution is 2.30. The van der Waals surface area contributed by atoms with E-state index in [1.54, 1.807) is 0 Å². The van der Waals surface area contributed by atoms with Gasteiger partial charge < -0.3 is 9.84 Å². The number of hydrogen-bond acceptors (Lipinski definition) is 3. The van der Waals surface area contributed by atoms with Gasteiger partial charge in [0.05, 0.1) is 10.6 Å². The molecule has 19 heavy (non-hydrogen) atoms. The fourth-order valence-corrected chi connectivity index (χ4v) is 1.73. The van der Waals surface area contributed by atoms with Gasteiger partial charge in [0.15, 0.2) is 0 Å². The highest BCUT2D eigenvalue weighted by molar-refractivity contribution is 6.32. The van der Waals surface area contributed by atoms with Gasteiger partial charge in [-0.05, 0) is 24.3 Å². The molecule has 1 N–H and O–H groups in total. The minimum Gasteiger partial charge on any atom is -0.478 e. The second kappa shape index (κ2) is 5.42. The van der Waals surface area contributed by atoms with Crippen molar-refractivity contribution in [3.05, 3.63) is 51.9 Å². The third kappa shape index (κ3) is 3.33. The molecule has 4 nitrogen and oxygen atoms in total. The minimum absolute atomic E-state index is 0.0341. The first-order chi connectivity index (χ1) is 8.95. The van der Waals surface area contributed by atoms with E-state index in [1.807, 2.05) is 0 Å². The molecule has 2 rings (SSSR count). The maximum Gasteiger partial charge on any atom is 0.335 e. The highest BCUT2D eigenvalue weighted by atomic mass is 35.5. The summed E-state index contributed by atoms with van der Waals surface area (Å²) < 4.78 is 18.1. The molecule has 0 amide bonds. The molecule has 1 aromatic heterocycles. The van der Waals surface area contributed by atoms with Crippen molar-refractivity contribution in [2.75, 3.05) is 0 Å². The minimum atomic E-state index is -1.17. The zero-order chi connectivity index (χ0) is 14.0. The summed E-state index contributed by atoms with van der Waals surface area (Å²) in [5.74, 6) is -1.57. The van der Waals surface area contributed by atoms with Gasteiger partial charge in [-0.25, -0.2) is 14.2 Å². The number of hydrogen-bond donors (Lipinski definition) is 1. The van der Waals surface area contributed by atoms with E-state index in [1.165, 1.54) is 18.2 Å². The molecule has 0 aliphatic carbocycles. The standard InChI is InChI=1S/C12H6Cl2FNO3/c13-8-5-7(15)1-2-9(8)19-11-4-6(12(17)18)3-10(14)16-11/h1-5H,(H,17,18). The van der Waals surface area contributed by atoms with Crippen molar-refractivity contribution in [2.45, 2.75) is 0 Å². The van der Waals surface area contributed by atoms with Gasteiger partial charge in [-0.3, -0.25) is 0 Å². The first-order valence-electron chi connectivity index (χ1n) is 4.99. The molecule has 0 saturated carbocycles. The maximum atomic E-state index is 12.9.